The molecule has 0 aliphatic rings. The first-order valence-corrected chi connectivity index (χ1v) is 6.01. The van der Waals surface area contributed by atoms with E-state index in [4.69, 9.17) is 4.74 Å². The number of ether oxygens (including phenoxy) is 1. The van der Waals surface area contributed by atoms with E-state index in [9.17, 15) is 5.11 Å². The second-order valence-electron chi connectivity index (χ2n) is 4.10. The second-order valence-corrected chi connectivity index (χ2v) is 4.10. The first-order valence-electron chi connectivity index (χ1n) is 6.01. The molecule has 2 rings (SSSR count). The Morgan fingerprint density at radius 3 is 2.78 bits per heavy atom. The van der Waals surface area contributed by atoms with Crippen LogP contribution in [0, 0.1) is 0 Å². The van der Waals surface area contributed by atoms with Gasteiger partial charge in [0, 0.05) is 13.0 Å². The Kier molecular flexibility index (Phi) is 4.30. The topological polar surface area (TPSA) is 60.2 Å². The first-order chi connectivity index (χ1) is 8.75. The quantitative estimate of drug-likeness (QED) is 0.791. The highest BCUT2D eigenvalue weighted by atomic mass is 16.5. The Morgan fingerprint density at radius 1 is 1.33 bits per heavy atom. The molecule has 1 atom stereocenters. The highest BCUT2D eigenvalue weighted by Crippen LogP contribution is 2.09. The molecule has 5 nitrogen and oxygen atoms in total. The summed E-state index contributed by atoms with van der Waals surface area (Å²) in [7, 11) is 0. The summed E-state index contributed by atoms with van der Waals surface area (Å²) in [5, 5.41) is 17.1. The molecule has 0 fully saturated rings. The fraction of sp³-hybridized carbons (Fsp3) is 0.385. The summed E-state index contributed by atoms with van der Waals surface area (Å²) in [6.07, 6.45) is 2.03. The molecule has 0 aliphatic carbocycles. The highest BCUT2D eigenvalue weighted by molar-refractivity contribution is 5.20. The van der Waals surface area contributed by atoms with Crippen LogP contribution in [0.15, 0.2) is 36.5 Å². The van der Waals surface area contributed by atoms with Crippen LogP contribution in [0.3, 0.4) is 0 Å². The van der Waals surface area contributed by atoms with Crippen molar-refractivity contribution in [3.63, 3.8) is 0 Å². The minimum atomic E-state index is -0.570. The number of aliphatic hydroxyl groups is 1. The standard InChI is InChI=1S/C13H17N3O2/c1-11(17)13-10-16(15-14-13)8-5-9-18-12-6-3-2-4-7-12/h2-4,6-7,10-11,17H,5,8-9H2,1H3. The van der Waals surface area contributed by atoms with Gasteiger partial charge in [0.2, 0.25) is 0 Å². The Balaban J connectivity index is 1.72. The molecule has 1 aromatic heterocycles. The summed E-state index contributed by atoms with van der Waals surface area (Å²) in [5.74, 6) is 0.876. The predicted molar refractivity (Wildman–Crippen MR) is 67.2 cm³/mol. The SMILES string of the molecule is CC(O)c1cn(CCCOc2ccccc2)nn1. The minimum absolute atomic E-state index is 0.570. The van der Waals surface area contributed by atoms with Crippen molar-refractivity contribution in [1.29, 1.82) is 0 Å². The lowest BCUT2D eigenvalue weighted by Gasteiger charge is -2.05. The lowest BCUT2D eigenvalue weighted by molar-refractivity contribution is 0.194. The molecule has 0 amide bonds. The zero-order chi connectivity index (χ0) is 12.8. The maximum atomic E-state index is 9.32. The van der Waals surface area contributed by atoms with Gasteiger partial charge in [-0.25, -0.2) is 0 Å². The Morgan fingerprint density at radius 2 is 2.11 bits per heavy atom. The fourth-order valence-electron chi connectivity index (χ4n) is 1.55. The Labute approximate surface area is 106 Å². The van der Waals surface area contributed by atoms with E-state index in [0.717, 1.165) is 18.7 Å². The first kappa shape index (κ1) is 12.6. The molecule has 0 bridgehead atoms. The Hall–Kier alpha value is -1.88. The summed E-state index contributed by atoms with van der Waals surface area (Å²) in [6, 6.07) is 9.71. The maximum Gasteiger partial charge on any atom is 0.119 e. The minimum Gasteiger partial charge on any atom is -0.494 e. The smallest absolute Gasteiger partial charge is 0.119 e. The van der Waals surface area contributed by atoms with Crippen molar-refractivity contribution in [2.24, 2.45) is 0 Å². The predicted octanol–water partition coefficient (Wildman–Crippen LogP) is 1.80. The van der Waals surface area contributed by atoms with Crippen LogP contribution in [-0.2, 0) is 6.54 Å². The molecule has 0 radical (unpaired) electrons. The van der Waals surface area contributed by atoms with Gasteiger partial charge >= 0.3 is 0 Å². The third kappa shape index (κ3) is 3.56. The van der Waals surface area contributed by atoms with Crippen molar-refractivity contribution in [2.75, 3.05) is 6.61 Å². The van der Waals surface area contributed by atoms with Gasteiger partial charge in [-0.3, -0.25) is 4.68 Å². The molecule has 1 unspecified atom stereocenters. The number of benzene rings is 1. The van der Waals surface area contributed by atoms with E-state index in [1.54, 1.807) is 17.8 Å². The average Bonchev–Trinajstić information content (AvgIpc) is 2.85. The number of rotatable bonds is 6. The molecular weight excluding hydrogens is 230 g/mol. The molecule has 0 saturated carbocycles. The van der Waals surface area contributed by atoms with Crippen LogP contribution in [0.4, 0.5) is 0 Å². The number of aryl methyl sites for hydroxylation is 1. The van der Waals surface area contributed by atoms with E-state index in [1.165, 1.54) is 0 Å². The fourth-order valence-corrected chi connectivity index (χ4v) is 1.55. The van der Waals surface area contributed by atoms with Crippen LogP contribution in [0.1, 0.15) is 25.1 Å². The van der Waals surface area contributed by atoms with Gasteiger partial charge in [0.05, 0.1) is 18.9 Å². The molecule has 2 aromatic rings. The van der Waals surface area contributed by atoms with Gasteiger partial charge in [0.1, 0.15) is 11.4 Å². The molecule has 5 heteroatoms. The van der Waals surface area contributed by atoms with Crippen molar-refractivity contribution in [1.82, 2.24) is 15.0 Å². The zero-order valence-electron chi connectivity index (χ0n) is 10.4. The number of para-hydroxylation sites is 1. The maximum absolute atomic E-state index is 9.32. The molecule has 1 heterocycles. The van der Waals surface area contributed by atoms with Gasteiger partial charge in [-0.05, 0) is 19.1 Å². The molecule has 1 N–H and O–H groups in total. The number of aromatic nitrogens is 3. The zero-order valence-corrected chi connectivity index (χ0v) is 10.4. The second kappa shape index (κ2) is 6.16. The molecule has 0 spiro atoms. The molecule has 1 aromatic carbocycles. The van der Waals surface area contributed by atoms with E-state index >= 15 is 0 Å². The van der Waals surface area contributed by atoms with Crippen molar-refractivity contribution in [2.45, 2.75) is 26.0 Å². The molecule has 96 valence electrons. The highest BCUT2D eigenvalue weighted by Gasteiger charge is 2.05. The third-order valence-corrected chi connectivity index (χ3v) is 2.53. The largest absolute Gasteiger partial charge is 0.494 e. The van der Waals surface area contributed by atoms with Crippen LogP contribution < -0.4 is 4.74 Å². The summed E-state index contributed by atoms with van der Waals surface area (Å²) in [5.41, 5.74) is 0.596. The molecular formula is C13H17N3O2. The van der Waals surface area contributed by atoms with E-state index < -0.39 is 6.10 Å². The van der Waals surface area contributed by atoms with E-state index in [2.05, 4.69) is 10.3 Å². The number of aliphatic hydroxyl groups excluding tert-OH is 1. The van der Waals surface area contributed by atoms with Gasteiger partial charge in [0.25, 0.3) is 0 Å². The van der Waals surface area contributed by atoms with Gasteiger partial charge < -0.3 is 9.84 Å². The summed E-state index contributed by atoms with van der Waals surface area (Å²) in [4.78, 5) is 0. The lowest BCUT2D eigenvalue weighted by Crippen LogP contribution is -2.05. The third-order valence-electron chi connectivity index (χ3n) is 2.53. The van der Waals surface area contributed by atoms with Crippen molar-refractivity contribution < 1.29 is 9.84 Å². The molecule has 0 aliphatic heterocycles. The summed E-state index contributed by atoms with van der Waals surface area (Å²) in [6.45, 7) is 3.04. The van der Waals surface area contributed by atoms with Gasteiger partial charge in [-0.1, -0.05) is 23.4 Å². The van der Waals surface area contributed by atoms with Crippen molar-refractivity contribution >= 4 is 0 Å². The van der Waals surface area contributed by atoms with E-state index in [0.29, 0.717) is 12.3 Å². The summed E-state index contributed by atoms with van der Waals surface area (Å²) < 4.78 is 7.29. The van der Waals surface area contributed by atoms with Gasteiger partial charge in [0.15, 0.2) is 0 Å². The van der Waals surface area contributed by atoms with E-state index in [-0.39, 0.29) is 0 Å². The number of hydrogen-bond acceptors (Lipinski definition) is 4. The van der Waals surface area contributed by atoms with Gasteiger partial charge in [-0.15, -0.1) is 5.10 Å². The average molecular weight is 247 g/mol. The van der Waals surface area contributed by atoms with Gasteiger partial charge in [-0.2, -0.15) is 0 Å². The van der Waals surface area contributed by atoms with Crippen LogP contribution in [0.25, 0.3) is 0 Å². The van der Waals surface area contributed by atoms with E-state index in [1.807, 2.05) is 30.3 Å². The molecule has 0 saturated heterocycles. The van der Waals surface area contributed by atoms with Crippen LogP contribution >= 0.6 is 0 Å². The monoisotopic (exact) mass is 247 g/mol. The summed E-state index contributed by atoms with van der Waals surface area (Å²) >= 11 is 0. The van der Waals surface area contributed by atoms with Crippen molar-refractivity contribution in [3.8, 4) is 5.75 Å². The number of hydrogen-bond donors (Lipinski definition) is 1. The number of nitrogens with zero attached hydrogens (tertiary/aromatic N) is 3. The molecule has 18 heavy (non-hydrogen) atoms. The Bertz CT molecular complexity index is 468. The lowest BCUT2D eigenvalue weighted by atomic mass is 10.3. The van der Waals surface area contributed by atoms with Crippen LogP contribution in [0.2, 0.25) is 0 Å². The van der Waals surface area contributed by atoms with Crippen molar-refractivity contribution in [3.05, 3.63) is 42.2 Å². The normalized spacial score (nSPS) is 12.3. The van der Waals surface area contributed by atoms with Crippen LogP contribution in [-0.4, -0.2) is 26.7 Å². The van der Waals surface area contributed by atoms with Crippen LogP contribution in [0.5, 0.6) is 5.75 Å².